The molecule has 1 amide bonds. The van der Waals surface area contributed by atoms with Gasteiger partial charge in [-0.2, -0.15) is 4.31 Å². The molecule has 1 N–H and O–H groups in total. The van der Waals surface area contributed by atoms with E-state index in [-0.39, 0.29) is 16.6 Å². The van der Waals surface area contributed by atoms with E-state index in [2.05, 4.69) is 10.5 Å². The van der Waals surface area contributed by atoms with Gasteiger partial charge in [0.15, 0.2) is 5.69 Å². The molecule has 0 bridgehead atoms. The SMILES string of the molecule is CC[C@H]1CCCCN1S(=O)(=O)c1ccc(NC(=O)c2cc(C)on2)cc1. The Hall–Kier alpha value is -2.19. The molecule has 2 aromatic rings. The molecule has 0 saturated carbocycles. The van der Waals surface area contributed by atoms with Gasteiger partial charge in [0.05, 0.1) is 4.90 Å². The van der Waals surface area contributed by atoms with Gasteiger partial charge in [-0.15, -0.1) is 0 Å². The molecule has 140 valence electrons. The number of benzene rings is 1. The first-order chi connectivity index (χ1) is 12.4. The highest BCUT2D eigenvalue weighted by molar-refractivity contribution is 7.89. The van der Waals surface area contributed by atoms with Crippen molar-refractivity contribution in [3.8, 4) is 0 Å². The number of amides is 1. The van der Waals surface area contributed by atoms with E-state index in [1.54, 1.807) is 23.4 Å². The number of rotatable bonds is 5. The molecular formula is C18H23N3O4S. The van der Waals surface area contributed by atoms with Crippen molar-refractivity contribution in [2.75, 3.05) is 11.9 Å². The minimum absolute atomic E-state index is 0.0588. The number of hydrogen-bond acceptors (Lipinski definition) is 5. The first kappa shape index (κ1) is 18.6. The van der Waals surface area contributed by atoms with Crippen LogP contribution in [0.2, 0.25) is 0 Å². The number of piperidine rings is 1. The lowest BCUT2D eigenvalue weighted by Crippen LogP contribution is -2.43. The van der Waals surface area contributed by atoms with Crippen LogP contribution in [-0.4, -0.2) is 36.4 Å². The van der Waals surface area contributed by atoms with Gasteiger partial charge < -0.3 is 9.84 Å². The average molecular weight is 377 g/mol. The topological polar surface area (TPSA) is 92.5 Å². The Bertz CT molecular complexity index is 874. The molecule has 1 aromatic heterocycles. The van der Waals surface area contributed by atoms with E-state index < -0.39 is 15.9 Å². The Labute approximate surface area is 153 Å². The fourth-order valence-electron chi connectivity index (χ4n) is 3.21. The van der Waals surface area contributed by atoms with E-state index in [1.165, 1.54) is 18.2 Å². The Morgan fingerprint density at radius 2 is 2.04 bits per heavy atom. The molecule has 1 saturated heterocycles. The lowest BCUT2D eigenvalue weighted by molar-refractivity contribution is 0.101. The van der Waals surface area contributed by atoms with Crippen LogP contribution in [-0.2, 0) is 10.0 Å². The van der Waals surface area contributed by atoms with Crippen LogP contribution in [0, 0.1) is 6.92 Å². The second-order valence-electron chi connectivity index (χ2n) is 6.47. The van der Waals surface area contributed by atoms with Crippen molar-refractivity contribution < 1.29 is 17.7 Å². The standard InChI is InChI=1S/C18H23N3O4S/c1-3-15-6-4-5-11-21(15)26(23,24)16-9-7-14(8-10-16)19-18(22)17-12-13(2)25-20-17/h7-10,12,15H,3-6,11H2,1-2H3,(H,19,22)/t15-/m0/s1. The number of carbonyl (C=O) groups excluding carboxylic acids is 1. The van der Waals surface area contributed by atoms with Gasteiger partial charge in [0, 0.05) is 24.3 Å². The molecule has 2 heterocycles. The molecule has 1 aromatic carbocycles. The van der Waals surface area contributed by atoms with Crippen LogP contribution < -0.4 is 5.32 Å². The molecule has 1 fully saturated rings. The third kappa shape index (κ3) is 3.81. The van der Waals surface area contributed by atoms with Crippen molar-refractivity contribution in [1.29, 1.82) is 0 Å². The van der Waals surface area contributed by atoms with Crippen LogP contribution in [0.3, 0.4) is 0 Å². The average Bonchev–Trinajstić information content (AvgIpc) is 3.08. The Balaban J connectivity index is 1.75. The fourth-order valence-corrected chi connectivity index (χ4v) is 4.98. The highest BCUT2D eigenvalue weighted by Crippen LogP contribution is 2.27. The number of hydrogen-bond donors (Lipinski definition) is 1. The van der Waals surface area contributed by atoms with Gasteiger partial charge in [-0.25, -0.2) is 8.42 Å². The van der Waals surface area contributed by atoms with Crippen LogP contribution in [0.25, 0.3) is 0 Å². The minimum atomic E-state index is -3.52. The second-order valence-corrected chi connectivity index (χ2v) is 8.37. The number of nitrogens with one attached hydrogen (secondary N) is 1. The van der Waals surface area contributed by atoms with E-state index in [1.807, 2.05) is 6.92 Å². The van der Waals surface area contributed by atoms with Crippen molar-refractivity contribution in [1.82, 2.24) is 9.46 Å². The quantitative estimate of drug-likeness (QED) is 0.864. The molecule has 1 aliphatic rings. The number of sulfonamides is 1. The number of aryl methyl sites for hydroxylation is 1. The molecule has 0 aliphatic carbocycles. The number of anilines is 1. The third-order valence-corrected chi connectivity index (χ3v) is 6.59. The van der Waals surface area contributed by atoms with Crippen LogP contribution >= 0.6 is 0 Å². The van der Waals surface area contributed by atoms with Crippen LogP contribution in [0.1, 0.15) is 48.9 Å². The summed E-state index contributed by atoms with van der Waals surface area (Å²) in [5.74, 6) is 0.142. The first-order valence-corrected chi connectivity index (χ1v) is 10.2. The predicted octanol–water partition coefficient (Wildman–Crippen LogP) is 3.19. The monoisotopic (exact) mass is 377 g/mol. The summed E-state index contributed by atoms with van der Waals surface area (Å²) in [6, 6.07) is 7.82. The van der Waals surface area contributed by atoms with Crippen molar-refractivity contribution >= 4 is 21.6 Å². The van der Waals surface area contributed by atoms with E-state index in [0.717, 1.165) is 25.7 Å². The highest BCUT2D eigenvalue weighted by atomic mass is 32.2. The normalized spacial score (nSPS) is 18.6. The maximum atomic E-state index is 12.9. The summed E-state index contributed by atoms with van der Waals surface area (Å²) in [7, 11) is -3.52. The summed E-state index contributed by atoms with van der Waals surface area (Å²) in [5, 5.41) is 6.34. The molecule has 8 heteroatoms. The molecule has 3 rings (SSSR count). The van der Waals surface area contributed by atoms with E-state index in [9.17, 15) is 13.2 Å². The molecule has 0 spiro atoms. The second kappa shape index (κ2) is 7.59. The minimum Gasteiger partial charge on any atom is -0.361 e. The summed E-state index contributed by atoms with van der Waals surface area (Å²) < 4.78 is 32.4. The van der Waals surface area contributed by atoms with Gasteiger partial charge >= 0.3 is 0 Å². The molecule has 1 atom stereocenters. The van der Waals surface area contributed by atoms with Crippen LogP contribution in [0.4, 0.5) is 5.69 Å². The lowest BCUT2D eigenvalue weighted by atomic mass is 10.0. The predicted molar refractivity (Wildman–Crippen MR) is 97.5 cm³/mol. The van der Waals surface area contributed by atoms with E-state index >= 15 is 0 Å². The lowest BCUT2D eigenvalue weighted by Gasteiger charge is -2.34. The highest BCUT2D eigenvalue weighted by Gasteiger charge is 2.32. The number of nitrogens with zero attached hydrogens (tertiary/aromatic N) is 2. The Morgan fingerprint density at radius 3 is 2.65 bits per heavy atom. The van der Waals surface area contributed by atoms with Crippen LogP contribution in [0.15, 0.2) is 39.8 Å². The summed E-state index contributed by atoms with van der Waals surface area (Å²) >= 11 is 0. The van der Waals surface area contributed by atoms with Crippen LogP contribution in [0.5, 0.6) is 0 Å². The summed E-state index contributed by atoms with van der Waals surface area (Å²) in [6.07, 6.45) is 3.67. The maximum absolute atomic E-state index is 12.9. The number of carbonyl (C=O) groups is 1. The zero-order valence-corrected chi connectivity index (χ0v) is 15.8. The molecule has 0 unspecified atom stereocenters. The van der Waals surface area contributed by atoms with E-state index in [0.29, 0.717) is 18.0 Å². The van der Waals surface area contributed by atoms with Crippen molar-refractivity contribution in [3.63, 3.8) is 0 Å². The molecule has 26 heavy (non-hydrogen) atoms. The molecule has 7 nitrogen and oxygen atoms in total. The van der Waals surface area contributed by atoms with Gasteiger partial charge in [0.2, 0.25) is 10.0 Å². The zero-order valence-electron chi connectivity index (χ0n) is 14.9. The fraction of sp³-hybridized carbons (Fsp3) is 0.444. The van der Waals surface area contributed by atoms with Gasteiger partial charge in [-0.1, -0.05) is 18.5 Å². The Morgan fingerprint density at radius 1 is 1.31 bits per heavy atom. The first-order valence-electron chi connectivity index (χ1n) is 8.78. The van der Waals surface area contributed by atoms with Gasteiger partial charge in [0.1, 0.15) is 5.76 Å². The maximum Gasteiger partial charge on any atom is 0.277 e. The van der Waals surface area contributed by atoms with Crippen molar-refractivity contribution in [2.45, 2.75) is 50.5 Å². The van der Waals surface area contributed by atoms with Gasteiger partial charge in [-0.05, 0) is 50.5 Å². The summed E-state index contributed by atoms with van der Waals surface area (Å²) in [5.41, 5.74) is 0.679. The zero-order chi connectivity index (χ0) is 18.7. The number of aromatic nitrogens is 1. The van der Waals surface area contributed by atoms with Crippen molar-refractivity contribution in [2.24, 2.45) is 0 Å². The third-order valence-electron chi connectivity index (χ3n) is 4.62. The summed E-state index contributed by atoms with van der Waals surface area (Å²) in [4.78, 5) is 12.3. The van der Waals surface area contributed by atoms with Gasteiger partial charge in [-0.3, -0.25) is 4.79 Å². The van der Waals surface area contributed by atoms with E-state index in [4.69, 9.17) is 4.52 Å². The molecular weight excluding hydrogens is 354 g/mol. The smallest absolute Gasteiger partial charge is 0.277 e. The largest absolute Gasteiger partial charge is 0.361 e. The summed E-state index contributed by atoms with van der Waals surface area (Å²) in [6.45, 7) is 4.28. The Kier molecular flexibility index (Phi) is 5.43. The van der Waals surface area contributed by atoms with Gasteiger partial charge in [0.25, 0.3) is 5.91 Å². The molecule has 0 radical (unpaired) electrons. The molecule has 1 aliphatic heterocycles. The van der Waals surface area contributed by atoms with Crippen molar-refractivity contribution in [3.05, 3.63) is 41.8 Å².